The highest BCUT2D eigenvalue weighted by Gasteiger charge is 2.26. The Labute approximate surface area is 115 Å². The fourth-order valence-corrected chi connectivity index (χ4v) is 3.13. The number of hydrogen-bond acceptors (Lipinski definition) is 5. The van der Waals surface area contributed by atoms with Crippen LogP contribution in [0.15, 0.2) is 24.3 Å². The maximum absolute atomic E-state index is 11.9. The lowest BCUT2D eigenvalue weighted by Gasteiger charge is -2.16. The molecule has 1 aliphatic rings. The molecule has 98 valence electrons. The van der Waals surface area contributed by atoms with E-state index in [0.29, 0.717) is 11.4 Å². The van der Waals surface area contributed by atoms with Crippen molar-refractivity contribution in [1.29, 1.82) is 0 Å². The number of aromatic nitrogens is 1. The van der Waals surface area contributed by atoms with Crippen molar-refractivity contribution in [3.05, 3.63) is 41.0 Å². The van der Waals surface area contributed by atoms with Crippen molar-refractivity contribution in [3.63, 3.8) is 0 Å². The van der Waals surface area contributed by atoms with Gasteiger partial charge in [-0.05, 0) is 22.7 Å². The maximum atomic E-state index is 11.9. The van der Waals surface area contributed by atoms with Crippen LogP contribution in [0.5, 0.6) is 0 Å². The van der Waals surface area contributed by atoms with Crippen LogP contribution in [0.1, 0.15) is 21.5 Å². The number of benzene rings is 1. The smallest absolute Gasteiger partial charge is 0.257 e. The number of fused-ring (bicyclic) bond motifs is 1. The van der Waals surface area contributed by atoms with Gasteiger partial charge in [-0.2, -0.15) is 4.37 Å². The van der Waals surface area contributed by atoms with Crippen molar-refractivity contribution < 1.29 is 4.79 Å². The Morgan fingerprint density at radius 3 is 2.58 bits per heavy atom. The van der Waals surface area contributed by atoms with Crippen LogP contribution in [0.25, 0.3) is 0 Å². The lowest BCUT2D eigenvalue weighted by Crippen LogP contribution is -2.23. The molecule has 0 aliphatic carbocycles. The van der Waals surface area contributed by atoms with E-state index in [1.807, 2.05) is 12.1 Å². The molecule has 0 bridgehead atoms. The molecule has 0 atom stereocenters. The zero-order valence-electron chi connectivity index (χ0n) is 10.5. The van der Waals surface area contributed by atoms with Gasteiger partial charge in [0.05, 0.1) is 0 Å². The monoisotopic (exact) mass is 274 g/mol. The maximum Gasteiger partial charge on any atom is 0.257 e. The molecule has 1 amide bonds. The van der Waals surface area contributed by atoms with Gasteiger partial charge in [-0.15, -0.1) is 0 Å². The van der Waals surface area contributed by atoms with Gasteiger partial charge in [0.1, 0.15) is 10.6 Å². The molecule has 1 aliphatic heterocycles. The second-order valence-electron chi connectivity index (χ2n) is 4.45. The predicted octanol–water partition coefficient (Wildman–Crippen LogP) is 1.61. The van der Waals surface area contributed by atoms with E-state index < -0.39 is 0 Å². The van der Waals surface area contributed by atoms with Crippen LogP contribution < -0.4 is 16.0 Å². The molecular weight excluding hydrogens is 260 g/mol. The van der Waals surface area contributed by atoms with Gasteiger partial charge in [0.25, 0.3) is 5.91 Å². The molecular formula is C13H14N4OS. The highest BCUT2D eigenvalue weighted by Crippen LogP contribution is 2.36. The van der Waals surface area contributed by atoms with E-state index in [1.54, 1.807) is 7.05 Å². The molecule has 0 fully saturated rings. The van der Waals surface area contributed by atoms with Crippen LogP contribution in [-0.4, -0.2) is 17.3 Å². The quantitative estimate of drug-likeness (QED) is 0.872. The van der Waals surface area contributed by atoms with Gasteiger partial charge in [-0.25, -0.2) is 0 Å². The summed E-state index contributed by atoms with van der Waals surface area (Å²) in [7, 11) is 1.60. The summed E-state index contributed by atoms with van der Waals surface area (Å²) in [4.78, 5) is 14.0. The minimum absolute atomic E-state index is 0.183. The number of carbonyl (C=O) groups is 1. The molecule has 2 aromatic rings. The molecule has 0 radical (unpaired) electrons. The second-order valence-corrected chi connectivity index (χ2v) is 5.20. The van der Waals surface area contributed by atoms with E-state index in [-0.39, 0.29) is 5.91 Å². The Morgan fingerprint density at radius 1 is 1.37 bits per heavy atom. The second kappa shape index (κ2) is 4.55. The average molecular weight is 274 g/mol. The van der Waals surface area contributed by atoms with Crippen molar-refractivity contribution >= 4 is 28.3 Å². The van der Waals surface area contributed by atoms with Crippen molar-refractivity contribution in [2.75, 3.05) is 17.7 Å². The standard InChI is InChI=1S/C13H14N4OS/c1-15-12(18)10-11(14)16-19-13(10)17-6-8-4-2-3-5-9(8)7-17/h2-5H,6-7H2,1H3,(H2,14,16)(H,15,18). The summed E-state index contributed by atoms with van der Waals surface area (Å²) in [5, 5.41) is 3.46. The molecule has 3 N–H and O–H groups in total. The Balaban J connectivity index is 1.96. The third-order valence-corrected chi connectivity index (χ3v) is 4.21. The normalized spacial score (nSPS) is 13.4. The fraction of sp³-hybridized carbons (Fsp3) is 0.231. The van der Waals surface area contributed by atoms with Crippen molar-refractivity contribution in [2.24, 2.45) is 0 Å². The summed E-state index contributed by atoms with van der Waals surface area (Å²) in [5.41, 5.74) is 8.87. The molecule has 0 saturated carbocycles. The SMILES string of the molecule is CNC(=O)c1c(N)nsc1N1Cc2ccccc2C1. The van der Waals surface area contributed by atoms with Crippen molar-refractivity contribution in [3.8, 4) is 0 Å². The first kappa shape index (κ1) is 12.0. The Morgan fingerprint density at radius 2 is 2.00 bits per heavy atom. The summed E-state index contributed by atoms with van der Waals surface area (Å²) < 4.78 is 4.11. The lowest BCUT2D eigenvalue weighted by molar-refractivity contribution is 0.0964. The van der Waals surface area contributed by atoms with Crippen molar-refractivity contribution in [1.82, 2.24) is 9.69 Å². The van der Waals surface area contributed by atoms with Gasteiger partial charge in [0.2, 0.25) is 0 Å². The van der Waals surface area contributed by atoms with Gasteiger partial charge in [0, 0.05) is 20.1 Å². The molecule has 2 heterocycles. The van der Waals surface area contributed by atoms with Gasteiger partial charge in [-0.3, -0.25) is 4.79 Å². The van der Waals surface area contributed by atoms with E-state index in [2.05, 4.69) is 26.7 Å². The van der Waals surface area contributed by atoms with E-state index >= 15 is 0 Å². The number of anilines is 2. The topological polar surface area (TPSA) is 71.2 Å². The largest absolute Gasteiger partial charge is 0.382 e. The molecule has 5 nitrogen and oxygen atoms in total. The van der Waals surface area contributed by atoms with Crippen LogP contribution >= 0.6 is 11.5 Å². The molecule has 1 aromatic carbocycles. The first-order chi connectivity index (χ1) is 9.20. The average Bonchev–Trinajstić information content (AvgIpc) is 3.00. The summed E-state index contributed by atoms with van der Waals surface area (Å²) in [5.74, 6) is 0.118. The number of nitrogen functional groups attached to an aromatic ring is 1. The number of hydrogen-bond donors (Lipinski definition) is 2. The molecule has 0 saturated heterocycles. The van der Waals surface area contributed by atoms with E-state index in [1.165, 1.54) is 22.7 Å². The number of carbonyl (C=O) groups excluding carboxylic acids is 1. The fourth-order valence-electron chi connectivity index (χ4n) is 2.32. The molecule has 3 rings (SSSR count). The molecule has 0 spiro atoms. The number of nitrogens with one attached hydrogen (secondary N) is 1. The van der Waals surface area contributed by atoms with Gasteiger partial charge >= 0.3 is 0 Å². The van der Waals surface area contributed by atoms with Gasteiger partial charge in [0.15, 0.2) is 5.82 Å². The number of nitrogens with two attached hydrogens (primary N) is 1. The predicted molar refractivity (Wildman–Crippen MR) is 76.2 cm³/mol. The summed E-state index contributed by atoms with van der Waals surface area (Å²) in [6.45, 7) is 1.59. The van der Waals surface area contributed by atoms with E-state index in [0.717, 1.165) is 18.1 Å². The minimum atomic E-state index is -0.183. The highest BCUT2D eigenvalue weighted by atomic mass is 32.1. The summed E-state index contributed by atoms with van der Waals surface area (Å²) in [6, 6.07) is 8.28. The van der Waals surface area contributed by atoms with Crippen molar-refractivity contribution in [2.45, 2.75) is 13.1 Å². The van der Waals surface area contributed by atoms with Crippen LogP contribution in [0.3, 0.4) is 0 Å². The first-order valence-electron chi connectivity index (χ1n) is 5.99. The van der Waals surface area contributed by atoms with Gasteiger partial charge in [-0.1, -0.05) is 24.3 Å². The molecule has 1 aromatic heterocycles. The number of nitrogens with zero attached hydrogens (tertiary/aromatic N) is 2. The molecule has 19 heavy (non-hydrogen) atoms. The third kappa shape index (κ3) is 1.94. The van der Waals surface area contributed by atoms with E-state index in [4.69, 9.17) is 5.73 Å². The summed E-state index contributed by atoms with van der Waals surface area (Å²) in [6.07, 6.45) is 0. The van der Waals surface area contributed by atoms with Gasteiger partial charge < -0.3 is 16.0 Å². The Kier molecular flexibility index (Phi) is 2.87. The zero-order chi connectivity index (χ0) is 13.4. The van der Waals surface area contributed by atoms with Crippen LogP contribution in [0, 0.1) is 0 Å². The Bertz CT molecular complexity index is 612. The lowest BCUT2D eigenvalue weighted by atomic mass is 10.1. The third-order valence-electron chi connectivity index (χ3n) is 3.28. The first-order valence-corrected chi connectivity index (χ1v) is 6.77. The highest BCUT2D eigenvalue weighted by molar-refractivity contribution is 7.11. The molecule has 6 heteroatoms. The van der Waals surface area contributed by atoms with E-state index in [9.17, 15) is 4.79 Å². The zero-order valence-corrected chi connectivity index (χ0v) is 11.3. The van der Waals surface area contributed by atoms with Crippen LogP contribution in [-0.2, 0) is 13.1 Å². The number of rotatable bonds is 2. The minimum Gasteiger partial charge on any atom is -0.382 e. The van der Waals surface area contributed by atoms with Crippen LogP contribution in [0.4, 0.5) is 10.8 Å². The van der Waals surface area contributed by atoms with Crippen LogP contribution in [0.2, 0.25) is 0 Å². The molecule has 0 unspecified atom stereocenters. The number of amides is 1. The Hall–Kier alpha value is -2.08. The summed E-state index contributed by atoms with van der Waals surface area (Å²) >= 11 is 1.28.